The summed E-state index contributed by atoms with van der Waals surface area (Å²) >= 11 is 6.21. The van der Waals surface area contributed by atoms with Gasteiger partial charge >= 0.3 is 0 Å². The summed E-state index contributed by atoms with van der Waals surface area (Å²) in [5, 5.41) is 0. The number of alkyl halides is 2. The van der Waals surface area contributed by atoms with E-state index in [0.29, 0.717) is 8.95 Å². The Hall–Kier alpha value is -0.0500. The van der Waals surface area contributed by atoms with Crippen LogP contribution in [0.5, 0.6) is 0 Å². The van der Waals surface area contributed by atoms with Gasteiger partial charge in [-0.05, 0) is 34.1 Å². The molecule has 0 bridgehead atoms. The highest BCUT2D eigenvalue weighted by molar-refractivity contribution is 9.11. The smallest absolute Gasteiger partial charge is 0.209 e. The van der Waals surface area contributed by atoms with Gasteiger partial charge in [0, 0.05) is 8.95 Å². The van der Waals surface area contributed by atoms with Gasteiger partial charge in [-0.2, -0.15) is 0 Å². The van der Waals surface area contributed by atoms with Gasteiger partial charge in [0.15, 0.2) is 0 Å². The summed E-state index contributed by atoms with van der Waals surface area (Å²) in [6.07, 6.45) is -2.72. The summed E-state index contributed by atoms with van der Waals surface area (Å²) in [6.45, 7) is -0.898. The Balaban J connectivity index is 2.99. The molecule has 1 N–H and O–H groups in total. The second-order valence-electron chi connectivity index (χ2n) is 2.82. The molecule has 0 heterocycles. The van der Waals surface area contributed by atoms with Gasteiger partial charge in [0.25, 0.3) is 6.43 Å². The van der Waals surface area contributed by atoms with E-state index in [-0.39, 0.29) is 4.90 Å². The highest BCUT2D eigenvalue weighted by atomic mass is 79.9. The highest BCUT2D eigenvalue weighted by Crippen LogP contribution is 2.25. The fourth-order valence-corrected chi connectivity index (χ4v) is 3.69. The summed E-state index contributed by atoms with van der Waals surface area (Å²) in [4.78, 5) is -0.0728. The average Bonchev–Trinajstić information content (AvgIpc) is 2.14. The minimum atomic E-state index is -3.90. The van der Waals surface area contributed by atoms with Gasteiger partial charge in [-0.1, -0.05) is 15.9 Å². The fraction of sp³-hybridized carbons (Fsp3) is 0.250. The van der Waals surface area contributed by atoms with Crippen LogP contribution in [0.3, 0.4) is 0 Å². The van der Waals surface area contributed by atoms with Crippen molar-refractivity contribution in [2.75, 3.05) is 6.54 Å². The second kappa shape index (κ2) is 5.52. The number of benzene rings is 1. The average molecular weight is 379 g/mol. The lowest BCUT2D eigenvalue weighted by Crippen LogP contribution is -2.28. The lowest BCUT2D eigenvalue weighted by atomic mass is 10.4. The van der Waals surface area contributed by atoms with Gasteiger partial charge in [0.05, 0.1) is 11.4 Å². The van der Waals surface area contributed by atoms with Crippen LogP contribution in [-0.2, 0) is 10.0 Å². The van der Waals surface area contributed by atoms with Crippen molar-refractivity contribution in [1.82, 2.24) is 4.72 Å². The van der Waals surface area contributed by atoms with Gasteiger partial charge in [-0.3, -0.25) is 0 Å². The number of halogens is 4. The van der Waals surface area contributed by atoms with Crippen LogP contribution in [-0.4, -0.2) is 21.4 Å². The zero-order valence-corrected chi connectivity index (χ0v) is 11.7. The second-order valence-corrected chi connectivity index (χ2v) is 6.32. The molecule has 1 aromatic rings. The number of rotatable bonds is 4. The maximum atomic E-state index is 11.9. The molecule has 0 fully saturated rings. The summed E-state index contributed by atoms with van der Waals surface area (Å²) in [5.74, 6) is 0. The predicted octanol–water partition coefficient (Wildman–Crippen LogP) is 2.76. The van der Waals surface area contributed by atoms with Crippen LogP contribution in [0, 0.1) is 0 Å². The molecule has 16 heavy (non-hydrogen) atoms. The van der Waals surface area contributed by atoms with Crippen molar-refractivity contribution in [1.29, 1.82) is 0 Å². The summed E-state index contributed by atoms with van der Waals surface area (Å²) in [5.41, 5.74) is 0. The lowest BCUT2D eigenvalue weighted by molar-refractivity contribution is 0.153. The number of sulfonamides is 1. The minimum absolute atomic E-state index is 0.0728. The Labute approximate surface area is 109 Å². The maximum absolute atomic E-state index is 11.9. The molecule has 1 rings (SSSR count). The quantitative estimate of drug-likeness (QED) is 0.875. The van der Waals surface area contributed by atoms with Crippen molar-refractivity contribution in [3.05, 3.63) is 27.1 Å². The van der Waals surface area contributed by atoms with E-state index in [4.69, 9.17) is 0 Å². The summed E-state index contributed by atoms with van der Waals surface area (Å²) in [6, 6.07) is 4.36. The molecule has 90 valence electrons. The van der Waals surface area contributed by atoms with Crippen molar-refractivity contribution in [2.45, 2.75) is 11.3 Å². The van der Waals surface area contributed by atoms with Gasteiger partial charge in [0.2, 0.25) is 10.0 Å². The van der Waals surface area contributed by atoms with Gasteiger partial charge < -0.3 is 0 Å². The van der Waals surface area contributed by atoms with Gasteiger partial charge in [-0.15, -0.1) is 0 Å². The van der Waals surface area contributed by atoms with Crippen molar-refractivity contribution < 1.29 is 17.2 Å². The molecule has 0 amide bonds. The minimum Gasteiger partial charge on any atom is -0.209 e. The van der Waals surface area contributed by atoms with Crippen LogP contribution >= 0.6 is 31.9 Å². The number of hydrogen-bond donors (Lipinski definition) is 1. The maximum Gasteiger partial charge on any atom is 0.251 e. The third-order valence-electron chi connectivity index (χ3n) is 1.61. The molecule has 0 aliphatic rings. The Bertz CT molecular complexity index is 479. The van der Waals surface area contributed by atoms with E-state index in [2.05, 4.69) is 31.9 Å². The first-order chi connectivity index (χ1) is 7.33. The van der Waals surface area contributed by atoms with Crippen molar-refractivity contribution in [3.63, 3.8) is 0 Å². The van der Waals surface area contributed by atoms with E-state index in [0.717, 1.165) is 0 Å². The van der Waals surface area contributed by atoms with Crippen molar-refractivity contribution in [3.8, 4) is 0 Å². The predicted molar refractivity (Wildman–Crippen MR) is 63.0 cm³/mol. The molecule has 8 heteroatoms. The van der Waals surface area contributed by atoms with E-state index in [9.17, 15) is 17.2 Å². The molecule has 0 unspecified atom stereocenters. The van der Waals surface area contributed by atoms with E-state index in [1.807, 2.05) is 4.72 Å². The SMILES string of the molecule is O=S(=O)(NCC(F)F)c1ccc(Br)cc1Br. The number of nitrogens with one attached hydrogen (secondary N) is 1. The van der Waals surface area contributed by atoms with Crippen LogP contribution in [0.15, 0.2) is 32.0 Å². The summed E-state index contributed by atoms with van der Waals surface area (Å²) in [7, 11) is -3.90. The number of hydrogen-bond acceptors (Lipinski definition) is 2. The van der Waals surface area contributed by atoms with Crippen molar-refractivity contribution in [2.24, 2.45) is 0 Å². The molecular formula is C8H7Br2F2NO2S. The molecule has 0 atom stereocenters. The normalized spacial score (nSPS) is 12.1. The largest absolute Gasteiger partial charge is 0.251 e. The molecular weight excluding hydrogens is 372 g/mol. The third-order valence-corrected chi connectivity index (χ3v) is 4.50. The lowest BCUT2D eigenvalue weighted by Gasteiger charge is -2.08. The molecule has 0 saturated carbocycles. The molecule has 0 radical (unpaired) electrons. The standard InChI is InChI=1S/C8H7Br2F2NO2S/c9-5-1-2-7(6(10)3-5)16(14,15)13-4-8(11)12/h1-3,8,13H,4H2. The van der Waals surface area contributed by atoms with Crippen molar-refractivity contribution >= 4 is 41.9 Å². The first-order valence-electron chi connectivity index (χ1n) is 4.06. The summed E-state index contributed by atoms with van der Waals surface area (Å²) < 4.78 is 49.8. The molecule has 0 aliphatic carbocycles. The van der Waals surface area contributed by atoms with Gasteiger partial charge in [0.1, 0.15) is 0 Å². The van der Waals surface area contributed by atoms with Crippen LogP contribution in [0.25, 0.3) is 0 Å². The highest BCUT2D eigenvalue weighted by Gasteiger charge is 2.18. The van der Waals surface area contributed by atoms with E-state index >= 15 is 0 Å². The monoisotopic (exact) mass is 377 g/mol. The molecule has 0 spiro atoms. The molecule has 0 saturated heterocycles. The molecule has 0 aliphatic heterocycles. The van der Waals surface area contributed by atoms with Crippen LogP contribution < -0.4 is 4.72 Å². The van der Waals surface area contributed by atoms with E-state index in [1.165, 1.54) is 18.2 Å². The van der Waals surface area contributed by atoms with Gasteiger partial charge in [-0.25, -0.2) is 21.9 Å². The Morgan fingerprint density at radius 2 is 1.94 bits per heavy atom. The van der Waals surface area contributed by atoms with Crippen LogP contribution in [0.1, 0.15) is 0 Å². The molecule has 0 aromatic heterocycles. The first kappa shape index (κ1) is 14.0. The third kappa shape index (κ3) is 3.76. The Kier molecular flexibility index (Phi) is 4.84. The molecule has 3 nitrogen and oxygen atoms in total. The first-order valence-corrected chi connectivity index (χ1v) is 7.12. The molecule has 1 aromatic carbocycles. The van der Waals surface area contributed by atoms with Crippen LogP contribution in [0.4, 0.5) is 8.78 Å². The Morgan fingerprint density at radius 1 is 1.31 bits per heavy atom. The van der Waals surface area contributed by atoms with Crippen LogP contribution in [0.2, 0.25) is 0 Å². The van der Waals surface area contributed by atoms with E-state index < -0.39 is 23.0 Å². The zero-order valence-electron chi connectivity index (χ0n) is 7.75. The zero-order chi connectivity index (χ0) is 12.3. The fourth-order valence-electron chi connectivity index (χ4n) is 0.944. The Morgan fingerprint density at radius 3 is 2.44 bits per heavy atom. The van der Waals surface area contributed by atoms with E-state index in [1.54, 1.807) is 0 Å². The topological polar surface area (TPSA) is 46.2 Å².